The molecule has 1 aliphatic heterocycles. The van der Waals surface area contributed by atoms with Gasteiger partial charge in [-0.1, -0.05) is 0 Å². The van der Waals surface area contributed by atoms with Crippen LogP contribution < -0.4 is 10.1 Å². The highest BCUT2D eigenvalue weighted by Gasteiger charge is 2.12. The first kappa shape index (κ1) is 8.89. The van der Waals surface area contributed by atoms with Gasteiger partial charge in [0.2, 0.25) is 0 Å². The first-order valence-electron chi connectivity index (χ1n) is 4.71. The molecule has 1 aromatic rings. The van der Waals surface area contributed by atoms with Gasteiger partial charge in [-0.15, -0.1) is 0 Å². The van der Waals surface area contributed by atoms with Gasteiger partial charge in [0.05, 0.1) is 12.7 Å². The first-order valence-corrected chi connectivity index (χ1v) is 4.71. The van der Waals surface area contributed by atoms with E-state index in [-0.39, 0.29) is 6.04 Å². The monoisotopic (exact) mass is 188 g/mol. The molecule has 0 bridgehead atoms. The average Bonchev–Trinajstić information content (AvgIpc) is 2.64. The molecule has 0 aliphatic carbocycles. The third kappa shape index (κ3) is 1.64. The van der Waals surface area contributed by atoms with Gasteiger partial charge in [-0.05, 0) is 30.7 Å². The zero-order chi connectivity index (χ0) is 9.97. The van der Waals surface area contributed by atoms with Crippen LogP contribution in [-0.4, -0.2) is 12.6 Å². The summed E-state index contributed by atoms with van der Waals surface area (Å²) >= 11 is 0. The van der Waals surface area contributed by atoms with E-state index in [0.717, 1.165) is 24.5 Å². The topological polar surface area (TPSA) is 45.0 Å². The second-order valence-corrected chi connectivity index (χ2v) is 3.42. The fraction of sp³-hybridized carbons (Fsp3) is 0.364. The van der Waals surface area contributed by atoms with E-state index in [1.165, 1.54) is 5.56 Å². The molecular weight excluding hydrogens is 176 g/mol. The molecule has 1 atom stereocenters. The Bertz CT molecular complexity index is 381. The first-order chi connectivity index (χ1) is 6.79. The Morgan fingerprint density at radius 1 is 1.57 bits per heavy atom. The lowest BCUT2D eigenvalue weighted by Crippen LogP contribution is -2.11. The molecule has 0 radical (unpaired) electrons. The Kier molecular flexibility index (Phi) is 2.28. The van der Waals surface area contributed by atoms with E-state index < -0.39 is 0 Å². The number of hydrogen-bond acceptors (Lipinski definition) is 3. The molecule has 14 heavy (non-hydrogen) atoms. The number of ether oxygens (including phenoxy) is 1. The van der Waals surface area contributed by atoms with Crippen LogP contribution in [0.5, 0.6) is 5.75 Å². The molecule has 2 rings (SSSR count). The maximum atomic E-state index is 8.65. The Balaban J connectivity index is 2.17. The van der Waals surface area contributed by atoms with Crippen LogP contribution in [0.15, 0.2) is 18.2 Å². The number of fused-ring (bicyclic) bond motifs is 1. The lowest BCUT2D eigenvalue weighted by molar-refractivity contribution is 0.357. The largest absolute Gasteiger partial charge is 0.493 e. The van der Waals surface area contributed by atoms with Crippen molar-refractivity contribution in [3.63, 3.8) is 0 Å². The van der Waals surface area contributed by atoms with Gasteiger partial charge < -0.3 is 10.1 Å². The van der Waals surface area contributed by atoms with Gasteiger partial charge in [-0.3, -0.25) is 0 Å². The molecule has 0 amide bonds. The molecule has 3 nitrogen and oxygen atoms in total. The number of nitriles is 1. The van der Waals surface area contributed by atoms with Crippen molar-refractivity contribution in [3.8, 4) is 11.8 Å². The summed E-state index contributed by atoms with van der Waals surface area (Å²) in [7, 11) is 0. The molecule has 0 aromatic heterocycles. The second kappa shape index (κ2) is 3.59. The van der Waals surface area contributed by atoms with Crippen LogP contribution in [0, 0.1) is 11.3 Å². The average molecular weight is 188 g/mol. The van der Waals surface area contributed by atoms with Gasteiger partial charge in [0.25, 0.3) is 0 Å². The zero-order valence-electron chi connectivity index (χ0n) is 8.08. The van der Waals surface area contributed by atoms with Gasteiger partial charge >= 0.3 is 0 Å². The van der Waals surface area contributed by atoms with E-state index in [2.05, 4.69) is 17.5 Å². The minimum Gasteiger partial charge on any atom is -0.493 e. The van der Waals surface area contributed by atoms with Crippen molar-refractivity contribution in [3.05, 3.63) is 23.8 Å². The number of hydrogen-bond donors (Lipinski definition) is 1. The maximum Gasteiger partial charge on any atom is 0.122 e. The molecule has 3 heteroatoms. The molecule has 1 heterocycles. The molecule has 1 aromatic carbocycles. The Morgan fingerprint density at radius 2 is 2.43 bits per heavy atom. The molecule has 1 N–H and O–H groups in total. The summed E-state index contributed by atoms with van der Waals surface area (Å²) in [6.45, 7) is 2.61. The molecule has 1 aliphatic rings. The predicted octanol–water partition coefficient (Wildman–Crippen LogP) is 1.95. The van der Waals surface area contributed by atoms with Crippen LogP contribution in [-0.2, 0) is 6.42 Å². The highest BCUT2D eigenvalue weighted by molar-refractivity contribution is 5.53. The van der Waals surface area contributed by atoms with E-state index in [1.54, 1.807) is 0 Å². The van der Waals surface area contributed by atoms with Crippen molar-refractivity contribution in [1.82, 2.24) is 0 Å². The summed E-state index contributed by atoms with van der Waals surface area (Å²) in [4.78, 5) is 0. The van der Waals surface area contributed by atoms with Gasteiger partial charge in [0.1, 0.15) is 11.8 Å². The SMILES string of the molecule is CC(C#N)Nc1ccc2c(c1)CCO2. The maximum absolute atomic E-state index is 8.65. The minimum absolute atomic E-state index is 0.157. The number of anilines is 1. The fourth-order valence-corrected chi connectivity index (χ4v) is 1.56. The van der Waals surface area contributed by atoms with E-state index in [9.17, 15) is 0 Å². The number of nitrogens with zero attached hydrogens (tertiary/aromatic N) is 1. The molecular formula is C11H12N2O. The van der Waals surface area contributed by atoms with Gasteiger partial charge in [-0.25, -0.2) is 0 Å². The highest BCUT2D eigenvalue weighted by atomic mass is 16.5. The second-order valence-electron chi connectivity index (χ2n) is 3.42. The smallest absolute Gasteiger partial charge is 0.122 e. The molecule has 0 saturated heterocycles. The van der Waals surface area contributed by atoms with Crippen LogP contribution in [0.1, 0.15) is 12.5 Å². The van der Waals surface area contributed by atoms with Crippen molar-refractivity contribution in [1.29, 1.82) is 5.26 Å². The van der Waals surface area contributed by atoms with Crippen molar-refractivity contribution in [2.75, 3.05) is 11.9 Å². The van der Waals surface area contributed by atoms with E-state index in [0.29, 0.717) is 0 Å². The van der Waals surface area contributed by atoms with E-state index in [1.807, 2.05) is 19.1 Å². The third-order valence-corrected chi connectivity index (χ3v) is 2.27. The Hall–Kier alpha value is -1.69. The summed E-state index contributed by atoms with van der Waals surface area (Å²) in [6, 6.07) is 7.93. The third-order valence-electron chi connectivity index (χ3n) is 2.27. The normalized spacial score (nSPS) is 15.1. The summed E-state index contributed by atoms with van der Waals surface area (Å²) in [6.07, 6.45) is 0.964. The van der Waals surface area contributed by atoms with Gasteiger partial charge in [0, 0.05) is 12.1 Å². The zero-order valence-corrected chi connectivity index (χ0v) is 8.08. The Morgan fingerprint density at radius 3 is 3.21 bits per heavy atom. The number of nitrogens with one attached hydrogen (secondary N) is 1. The highest BCUT2D eigenvalue weighted by Crippen LogP contribution is 2.27. The lowest BCUT2D eigenvalue weighted by Gasteiger charge is -2.08. The van der Waals surface area contributed by atoms with Gasteiger partial charge in [-0.2, -0.15) is 5.26 Å². The Labute approximate surface area is 83.3 Å². The van der Waals surface area contributed by atoms with Crippen LogP contribution in [0.2, 0.25) is 0 Å². The van der Waals surface area contributed by atoms with Gasteiger partial charge in [0.15, 0.2) is 0 Å². The fourth-order valence-electron chi connectivity index (χ4n) is 1.56. The van der Waals surface area contributed by atoms with Crippen LogP contribution in [0.4, 0.5) is 5.69 Å². The standard InChI is InChI=1S/C11H12N2O/c1-8(7-12)13-10-2-3-11-9(6-10)4-5-14-11/h2-3,6,8,13H,4-5H2,1H3. The van der Waals surface area contributed by atoms with E-state index >= 15 is 0 Å². The predicted molar refractivity (Wildman–Crippen MR) is 54.3 cm³/mol. The minimum atomic E-state index is -0.157. The molecule has 1 unspecified atom stereocenters. The van der Waals surface area contributed by atoms with Crippen molar-refractivity contribution >= 4 is 5.69 Å². The lowest BCUT2D eigenvalue weighted by atomic mass is 10.1. The quantitative estimate of drug-likeness (QED) is 0.771. The van der Waals surface area contributed by atoms with Crippen molar-refractivity contribution in [2.45, 2.75) is 19.4 Å². The summed E-state index contributed by atoms with van der Waals surface area (Å²) in [5, 5.41) is 11.8. The summed E-state index contributed by atoms with van der Waals surface area (Å²) in [5.74, 6) is 0.972. The van der Waals surface area contributed by atoms with Crippen LogP contribution in [0.25, 0.3) is 0 Å². The summed E-state index contributed by atoms with van der Waals surface area (Å²) < 4.78 is 5.39. The van der Waals surface area contributed by atoms with Crippen LogP contribution >= 0.6 is 0 Å². The van der Waals surface area contributed by atoms with Crippen LogP contribution in [0.3, 0.4) is 0 Å². The van der Waals surface area contributed by atoms with Crippen molar-refractivity contribution in [2.24, 2.45) is 0 Å². The molecule has 0 fully saturated rings. The number of benzene rings is 1. The molecule has 72 valence electrons. The van der Waals surface area contributed by atoms with E-state index in [4.69, 9.17) is 10.00 Å². The molecule has 0 spiro atoms. The molecule has 0 saturated carbocycles. The number of rotatable bonds is 2. The van der Waals surface area contributed by atoms with Crippen molar-refractivity contribution < 1.29 is 4.74 Å². The summed E-state index contributed by atoms with van der Waals surface area (Å²) in [5.41, 5.74) is 2.21.